The summed E-state index contributed by atoms with van der Waals surface area (Å²) in [4.78, 5) is 22.7. The molecule has 80 valence electrons. The van der Waals surface area contributed by atoms with Crippen LogP contribution in [-0.2, 0) is 0 Å². The fraction of sp³-hybridized carbons (Fsp3) is 0.0769. The average molecular weight is 230 g/mol. The molecule has 2 nitrogen and oxygen atoms in total. The van der Waals surface area contributed by atoms with Crippen molar-refractivity contribution in [2.45, 2.75) is 6.92 Å². The summed E-state index contributed by atoms with van der Waals surface area (Å²) in [6.07, 6.45) is 0.837. The van der Waals surface area contributed by atoms with Crippen molar-refractivity contribution in [3.8, 4) is 10.4 Å². The molecule has 0 aliphatic heterocycles. The van der Waals surface area contributed by atoms with Crippen molar-refractivity contribution in [3.05, 3.63) is 46.8 Å². The van der Waals surface area contributed by atoms with E-state index >= 15 is 0 Å². The number of ketones is 1. The summed E-state index contributed by atoms with van der Waals surface area (Å²) in [5.74, 6) is 0.0614. The Balaban J connectivity index is 2.34. The largest absolute Gasteiger partial charge is 0.298 e. The van der Waals surface area contributed by atoms with Crippen LogP contribution in [0.2, 0.25) is 0 Å². The maximum atomic E-state index is 11.1. The molecule has 1 heterocycles. The molecule has 0 saturated carbocycles. The van der Waals surface area contributed by atoms with Gasteiger partial charge in [0.2, 0.25) is 0 Å². The molecule has 2 rings (SSSR count). The molecule has 2 aromatic rings. The quantitative estimate of drug-likeness (QED) is 0.598. The average Bonchev–Trinajstić information content (AvgIpc) is 2.77. The molecule has 0 aliphatic rings. The number of hydrogen-bond acceptors (Lipinski definition) is 3. The summed E-state index contributed by atoms with van der Waals surface area (Å²) in [5.41, 5.74) is 2.43. The number of rotatable bonds is 3. The molecule has 0 radical (unpaired) electrons. The Morgan fingerprint density at radius 1 is 1.25 bits per heavy atom. The first-order chi connectivity index (χ1) is 7.70. The number of thiophene rings is 1. The van der Waals surface area contributed by atoms with Crippen molar-refractivity contribution in [2.24, 2.45) is 0 Å². The molecule has 1 aromatic carbocycles. The second kappa shape index (κ2) is 4.41. The molecule has 0 unspecified atom stereocenters. The van der Waals surface area contributed by atoms with Gasteiger partial charge in [0.15, 0.2) is 12.1 Å². The molecule has 0 aliphatic carbocycles. The van der Waals surface area contributed by atoms with Crippen LogP contribution >= 0.6 is 11.3 Å². The van der Waals surface area contributed by atoms with E-state index in [4.69, 9.17) is 0 Å². The van der Waals surface area contributed by atoms with Crippen LogP contribution in [0.1, 0.15) is 27.6 Å². The fourth-order valence-corrected chi connectivity index (χ4v) is 2.30. The van der Waals surface area contributed by atoms with E-state index in [0.29, 0.717) is 11.1 Å². The van der Waals surface area contributed by atoms with E-state index in [0.717, 1.165) is 16.7 Å². The smallest absolute Gasteiger partial charge is 0.159 e. The lowest BCUT2D eigenvalue weighted by Gasteiger charge is -1.98. The zero-order valence-corrected chi connectivity index (χ0v) is 9.58. The van der Waals surface area contributed by atoms with Gasteiger partial charge in [-0.25, -0.2) is 0 Å². The first kappa shape index (κ1) is 10.8. The van der Waals surface area contributed by atoms with E-state index in [1.807, 2.05) is 23.6 Å². The van der Waals surface area contributed by atoms with E-state index in [2.05, 4.69) is 0 Å². The van der Waals surface area contributed by atoms with Crippen molar-refractivity contribution >= 4 is 23.4 Å². The van der Waals surface area contributed by atoms with E-state index in [9.17, 15) is 9.59 Å². The predicted molar refractivity (Wildman–Crippen MR) is 65.1 cm³/mol. The molecule has 0 N–H and O–H groups in total. The van der Waals surface area contributed by atoms with E-state index in [1.165, 1.54) is 11.3 Å². The van der Waals surface area contributed by atoms with Crippen LogP contribution in [-0.4, -0.2) is 12.1 Å². The molecule has 0 spiro atoms. The molecule has 3 heteroatoms. The minimum Gasteiger partial charge on any atom is -0.298 e. The van der Waals surface area contributed by atoms with Gasteiger partial charge in [-0.15, -0.1) is 11.3 Å². The van der Waals surface area contributed by atoms with Crippen molar-refractivity contribution in [2.75, 3.05) is 0 Å². The maximum Gasteiger partial charge on any atom is 0.159 e. The van der Waals surface area contributed by atoms with Crippen LogP contribution in [0.25, 0.3) is 10.4 Å². The summed E-state index contributed by atoms with van der Waals surface area (Å²) in [7, 11) is 0. The van der Waals surface area contributed by atoms with Crippen molar-refractivity contribution in [1.29, 1.82) is 0 Å². The van der Waals surface area contributed by atoms with Crippen molar-refractivity contribution < 1.29 is 9.59 Å². The highest BCUT2D eigenvalue weighted by molar-refractivity contribution is 7.13. The van der Waals surface area contributed by atoms with Crippen molar-refractivity contribution in [3.63, 3.8) is 0 Å². The van der Waals surface area contributed by atoms with Gasteiger partial charge in [-0.3, -0.25) is 9.59 Å². The molecule has 0 fully saturated rings. The van der Waals surface area contributed by atoms with Crippen LogP contribution in [0.15, 0.2) is 35.7 Å². The maximum absolute atomic E-state index is 11.1. The number of carbonyl (C=O) groups excluding carboxylic acids is 2. The summed E-state index contributed by atoms with van der Waals surface area (Å²) in [6.45, 7) is 1.55. The van der Waals surface area contributed by atoms with Gasteiger partial charge in [-0.2, -0.15) is 0 Å². The summed E-state index contributed by atoms with van der Waals surface area (Å²) in [6, 6.07) is 9.25. The first-order valence-electron chi connectivity index (χ1n) is 4.86. The van der Waals surface area contributed by atoms with Gasteiger partial charge in [0.1, 0.15) is 0 Å². The molecule has 1 aromatic heterocycles. The van der Waals surface area contributed by atoms with Gasteiger partial charge < -0.3 is 0 Å². The minimum atomic E-state index is 0.0614. The van der Waals surface area contributed by atoms with Crippen LogP contribution in [0, 0.1) is 0 Å². The van der Waals surface area contributed by atoms with E-state index in [-0.39, 0.29) is 5.78 Å². The van der Waals surface area contributed by atoms with Crippen LogP contribution in [0.4, 0.5) is 0 Å². The van der Waals surface area contributed by atoms with Gasteiger partial charge in [0.25, 0.3) is 0 Å². The first-order valence-corrected chi connectivity index (χ1v) is 5.74. The molecule has 0 saturated heterocycles. The zero-order valence-electron chi connectivity index (χ0n) is 8.77. The number of hydrogen-bond donors (Lipinski definition) is 0. The highest BCUT2D eigenvalue weighted by Crippen LogP contribution is 2.26. The standard InChI is InChI=1S/C13H10O2S/c1-9(15)11-2-4-12(5-3-11)13-6-10(7-14)8-16-13/h2-8H,1H3. The molecule has 16 heavy (non-hydrogen) atoms. The molecule has 0 amide bonds. The SMILES string of the molecule is CC(=O)c1ccc(-c2cc(C=O)cs2)cc1. The zero-order chi connectivity index (χ0) is 11.5. The summed E-state index contributed by atoms with van der Waals surface area (Å²) in [5, 5.41) is 1.82. The number of Topliss-reactive ketones (excluding diaryl/α,β-unsaturated/α-hetero) is 1. The summed E-state index contributed by atoms with van der Waals surface area (Å²) < 4.78 is 0. The lowest BCUT2D eigenvalue weighted by atomic mass is 10.1. The second-order valence-electron chi connectivity index (χ2n) is 3.50. The topological polar surface area (TPSA) is 34.1 Å². The molecule has 0 atom stereocenters. The fourth-order valence-electron chi connectivity index (χ4n) is 1.43. The third-order valence-electron chi connectivity index (χ3n) is 2.33. The molecular formula is C13H10O2S. The Kier molecular flexibility index (Phi) is 2.97. The Morgan fingerprint density at radius 2 is 1.94 bits per heavy atom. The number of carbonyl (C=O) groups is 2. The normalized spacial score (nSPS) is 10.1. The lowest BCUT2D eigenvalue weighted by molar-refractivity contribution is 0.101. The van der Waals surface area contributed by atoms with Crippen LogP contribution in [0.3, 0.4) is 0 Å². The highest BCUT2D eigenvalue weighted by atomic mass is 32.1. The van der Waals surface area contributed by atoms with Gasteiger partial charge in [-0.1, -0.05) is 24.3 Å². The van der Waals surface area contributed by atoms with Crippen LogP contribution in [0.5, 0.6) is 0 Å². The number of benzene rings is 1. The number of aldehydes is 1. The van der Waals surface area contributed by atoms with Gasteiger partial charge in [0.05, 0.1) is 0 Å². The second-order valence-corrected chi connectivity index (χ2v) is 4.41. The Morgan fingerprint density at radius 3 is 2.44 bits per heavy atom. The van der Waals surface area contributed by atoms with E-state index < -0.39 is 0 Å². The van der Waals surface area contributed by atoms with Crippen molar-refractivity contribution in [1.82, 2.24) is 0 Å². The van der Waals surface area contributed by atoms with Gasteiger partial charge in [0, 0.05) is 21.4 Å². The molecular weight excluding hydrogens is 220 g/mol. The van der Waals surface area contributed by atoms with E-state index in [1.54, 1.807) is 19.1 Å². The lowest BCUT2D eigenvalue weighted by Crippen LogP contribution is -1.90. The Hall–Kier alpha value is -1.74. The minimum absolute atomic E-state index is 0.0614. The molecule has 0 bridgehead atoms. The summed E-state index contributed by atoms with van der Waals surface area (Å²) >= 11 is 1.53. The van der Waals surface area contributed by atoms with Gasteiger partial charge >= 0.3 is 0 Å². The highest BCUT2D eigenvalue weighted by Gasteiger charge is 2.03. The Bertz CT molecular complexity index is 523. The van der Waals surface area contributed by atoms with Crippen LogP contribution < -0.4 is 0 Å². The third kappa shape index (κ3) is 2.09. The third-order valence-corrected chi connectivity index (χ3v) is 3.33. The predicted octanol–water partition coefficient (Wildman–Crippen LogP) is 3.43. The monoisotopic (exact) mass is 230 g/mol. The Labute approximate surface area is 97.5 Å². The van der Waals surface area contributed by atoms with Gasteiger partial charge in [-0.05, 0) is 18.6 Å².